The van der Waals surface area contributed by atoms with E-state index < -0.39 is 0 Å². The minimum Gasteiger partial charge on any atom is -0.328 e. The van der Waals surface area contributed by atoms with Crippen LogP contribution in [0, 0.1) is 5.92 Å². The molecule has 3 N–H and O–H groups in total. The summed E-state index contributed by atoms with van der Waals surface area (Å²) in [5, 5.41) is 3.73. The molecule has 1 aliphatic heterocycles. The predicted molar refractivity (Wildman–Crippen MR) is 60.2 cm³/mol. The topological polar surface area (TPSA) is 38.0 Å². The molecule has 2 rings (SSSR count). The summed E-state index contributed by atoms with van der Waals surface area (Å²) in [6.07, 6.45) is 10.9. The Hall–Kier alpha value is -0.0800. The molecule has 0 spiro atoms. The third kappa shape index (κ3) is 2.71. The maximum Gasteiger partial charge on any atom is 0.00953 e. The number of hydrogen-bond acceptors (Lipinski definition) is 2. The lowest BCUT2D eigenvalue weighted by atomic mass is 9.80. The summed E-state index contributed by atoms with van der Waals surface area (Å²) in [6.45, 7) is 1.24. The largest absolute Gasteiger partial charge is 0.328 e. The first-order chi connectivity index (χ1) is 6.86. The van der Waals surface area contributed by atoms with E-state index >= 15 is 0 Å². The SMILES string of the molecule is NC1CCC(C2CCCCCN2)CC1. The van der Waals surface area contributed by atoms with E-state index in [4.69, 9.17) is 5.73 Å². The predicted octanol–water partition coefficient (Wildman–Crippen LogP) is 2.04. The van der Waals surface area contributed by atoms with E-state index in [0.717, 1.165) is 12.0 Å². The second-order valence-corrected chi connectivity index (χ2v) is 5.08. The van der Waals surface area contributed by atoms with Crippen LogP contribution in [0.15, 0.2) is 0 Å². The van der Waals surface area contributed by atoms with E-state index in [0.29, 0.717) is 6.04 Å². The van der Waals surface area contributed by atoms with Crippen LogP contribution in [0.3, 0.4) is 0 Å². The minimum atomic E-state index is 0.497. The summed E-state index contributed by atoms with van der Waals surface area (Å²) in [5.41, 5.74) is 5.94. The Kier molecular flexibility index (Phi) is 3.82. The Morgan fingerprint density at radius 1 is 0.857 bits per heavy atom. The van der Waals surface area contributed by atoms with Crippen molar-refractivity contribution >= 4 is 0 Å². The molecule has 0 aromatic heterocycles. The molecule has 82 valence electrons. The summed E-state index contributed by atoms with van der Waals surface area (Å²) >= 11 is 0. The smallest absolute Gasteiger partial charge is 0.00953 e. The van der Waals surface area contributed by atoms with Gasteiger partial charge in [0.2, 0.25) is 0 Å². The number of rotatable bonds is 1. The standard InChI is InChI=1S/C12H24N2/c13-11-7-5-10(6-8-11)12-4-2-1-3-9-14-12/h10-12,14H,1-9,13H2. The zero-order valence-corrected chi connectivity index (χ0v) is 9.17. The lowest BCUT2D eigenvalue weighted by Crippen LogP contribution is -2.39. The molecule has 0 amide bonds. The molecule has 1 atom stereocenters. The summed E-state index contributed by atoms with van der Waals surface area (Å²) in [7, 11) is 0. The highest BCUT2D eigenvalue weighted by atomic mass is 14.9. The zero-order valence-electron chi connectivity index (χ0n) is 9.17. The van der Waals surface area contributed by atoms with Crippen LogP contribution in [0.1, 0.15) is 51.4 Å². The fourth-order valence-electron chi connectivity index (χ4n) is 3.01. The summed E-state index contributed by atoms with van der Waals surface area (Å²) in [4.78, 5) is 0. The molecule has 0 radical (unpaired) electrons. The molecule has 1 unspecified atom stereocenters. The van der Waals surface area contributed by atoms with E-state index in [1.165, 1.54) is 57.9 Å². The Bertz CT molecular complexity index is 154. The van der Waals surface area contributed by atoms with Crippen molar-refractivity contribution < 1.29 is 0 Å². The van der Waals surface area contributed by atoms with Gasteiger partial charge in [-0.2, -0.15) is 0 Å². The average molecular weight is 196 g/mol. The van der Waals surface area contributed by atoms with E-state index in [9.17, 15) is 0 Å². The molecule has 2 aliphatic rings. The molecule has 1 heterocycles. The van der Waals surface area contributed by atoms with Crippen molar-refractivity contribution in [1.29, 1.82) is 0 Å². The highest BCUT2D eigenvalue weighted by Gasteiger charge is 2.26. The van der Waals surface area contributed by atoms with Crippen LogP contribution in [0.4, 0.5) is 0 Å². The molecular formula is C12H24N2. The van der Waals surface area contributed by atoms with Gasteiger partial charge in [-0.1, -0.05) is 12.8 Å². The van der Waals surface area contributed by atoms with Crippen molar-refractivity contribution in [2.24, 2.45) is 11.7 Å². The fraction of sp³-hybridized carbons (Fsp3) is 1.00. The zero-order chi connectivity index (χ0) is 9.80. The van der Waals surface area contributed by atoms with Crippen LogP contribution < -0.4 is 11.1 Å². The van der Waals surface area contributed by atoms with E-state index in [-0.39, 0.29) is 0 Å². The van der Waals surface area contributed by atoms with E-state index in [2.05, 4.69) is 5.32 Å². The first kappa shape index (κ1) is 10.4. The second kappa shape index (κ2) is 5.13. The Morgan fingerprint density at radius 2 is 1.64 bits per heavy atom. The quantitative estimate of drug-likeness (QED) is 0.673. The average Bonchev–Trinajstić information content (AvgIpc) is 2.47. The van der Waals surface area contributed by atoms with Crippen LogP contribution in [0.5, 0.6) is 0 Å². The van der Waals surface area contributed by atoms with Crippen LogP contribution in [-0.4, -0.2) is 18.6 Å². The van der Waals surface area contributed by atoms with Crippen molar-refractivity contribution in [2.75, 3.05) is 6.54 Å². The maximum absolute atomic E-state index is 5.94. The first-order valence-corrected chi connectivity index (χ1v) is 6.35. The van der Waals surface area contributed by atoms with Crippen LogP contribution in [-0.2, 0) is 0 Å². The Balaban J connectivity index is 1.81. The summed E-state index contributed by atoms with van der Waals surface area (Å²) < 4.78 is 0. The highest BCUT2D eigenvalue weighted by Crippen LogP contribution is 2.29. The fourth-order valence-corrected chi connectivity index (χ4v) is 3.01. The van der Waals surface area contributed by atoms with Crippen molar-refractivity contribution in [3.8, 4) is 0 Å². The third-order valence-electron chi connectivity index (χ3n) is 3.98. The van der Waals surface area contributed by atoms with E-state index in [1.807, 2.05) is 0 Å². The number of hydrogen-bond donors (Lipinski definition) is 2. The van der Waals surface area contributed by atoms with Crippen molar-refractivity contribution in [3.05, 3.63) is 0 Å². The Morgan fingerprint density at radius 3 is 2.43 bits per heavy atom. The first-order valence-electron chi connectivity index (χ1n) is 6.35. The van der Waals surface area contributed by atoms with Gasteiger partial charge in [-0.3, -0.25) is 0 Å². The third-order valence-corrected chi connectivity index (χ3v) is 3.98. The Labute approximate surface area is 87.6 Å². The molecular weight excluding hydrogens is 172 g/mol. The van der Waals surface area contributed by atoms with Crippen LogP contribution in [0.25, 0.3) is 0 Å². The lowest BCUT2D eigenvalue weighted by molar-refractivity contribution is 0.248. The number of nitrogens with two attached hydrogens (primary N) is 1. The molecule has 0 aromatic rings. The summed E-state index contributed by atoms with van der Waals surface area (Å²) in [5.74, 6) is 0.924. The molecule has 1 aliphatic carbocycles. The number of nitrogens with one attached hydrogen (secondary N) is 1. The molecule has 2 heteroatoms. The van der Waals surface area contributed by atoms with Gasteiger partial charge in [-0.25, -0.2) is 0 Å². The maximum atomic E-state index is 5.94. The van der Waals surface area contributed by atoms with Crippen LogP contribution >= 0.6 is 0 Å². The van der Waals surface area contributed by atoms with Gasteiger partial charge in [-0.05, 0) is 51.0 Å². The van der Waals surface area contributed by atoms with E-state index in [1.54, 1.807) is 0 Å². The van der Waals surface area contributed by atoms with Gasteiger partial charge < -0.3 is 11.1 Å². The van der Waals surface area contributed by atoms with Gasteiger partial charge in [0.15, 0.2) is 0 Å². The molecule has 14 heavy (non-hydrogen) atoms. The minimum absolute atomic E-state index is 0.497. The molecule has 0 aromatic carbocycles. The monoisotopic (exact) mass is 196 g/mol. The lowest BCUT2D eigenvalue weighted by Gasteiger charge is -2.32. The molecule has 2 fully saturated rings. The van der Waals surface area contributed by atoms with Gasteiger partial charge in [-0.15, -0.1) is 0 Å². The highest BCUT2D eigenvalue weighted by molar-refractivity contribution is 4.84. The second-order valence-electron chi connectivity index (χ2n) is 5.08. The van der Waals surface area contributed by atoms with Gasteiger partial charge in [0.05, 0.1) is 0 Å². The summed E-state index contributed by atoms with van der Waals surface area (Å²) in [6, 6.07) is 1.31. The van der Waals surface area contributed by atoms with Gasteiger partial charge >= 0.3 is 0 Å². The van der Waals surface area contributed by atoms with Gasteiger partial charge in [0, 0.05) is 12.1 Å². The molecule has 1 saturated carbocycles. The molecule has 1 saturated heterocycles. The molecule has 2 nitrogen and oxygen atoms in total. The van der Waals surface area contributed by atoms with Gasteiger partial charge in [0.25, 0.3) is 0 Å². The van der Waals surface area contributed by atoms with Crippen molar-refractivity contribution in [1.82, 2.24) is 5.32 Å². The van der Waals surface area contributed by atoms with Crippen molar-refractivity contribution in [3.63, 3.8) is 0 Å². The van der Waals surface area contributed by atoms with Crippen LogP contribution in [0.2, 0.25) is 0 Å². The normalized spacial score (nSPS) is 40.5. The van der Waals surface area contributed by atoms with Gasteiger partial charge in [0.1, 0.15) is 0 Å². The van der Waals surface area contributed by atoms with Crippen molar-refractivity contribution in [2.45, 2.75) is 63.5 Å². The molecule has 0 bridgehead atoms.